The summed E-state index contributed by atoms with van der Waals surface area (Å²) < 4.78 is 11.0. The first-order valence-corrected chi connectivity index (χ1v) is 9.71. The van der Waals surface area contributed by atoms with Crippen LogP contribution in [-0.4, -0.2) is 26.3 Å². The lowest BCUT2D eigenvalue weighted by molar-refractivity contribution is 0.250. The fraction of sp³-hybridized carbons (Fsp3) is 0.409. The largest absolute Gasteiger partial charge is 0.495 e. The van der Waals surface area contributed by atoms with Crippen molar-refractivity contribution in [3.05, 3.63) is 52.5 Å². The Bertz CT molecular complexity index is 799. The maximum Gasteiger partial charge on any atom is 0.319 e. The van der Waals surface area contributed by atoms with Crippen molar-refractivity contribution in [1.29, 1.82) is 0 Å². The number of urea groups is 1. The van der Waals surface area contributed by atoms with Gasteiger partial charge in [-0.2, -0.15) is 0 Å². The first-order valence-electron chi connectivity index (χ1n) is 9.33. The van der Waals surface area contributed by atoms with E-state index >= 15 is 0 Å². The summed E-state index contributed by atoms with van der Waals surface area (Å²) in [6.07, 6.45) is 0.700. The predicted octanol–water partition coefficient (Wildman–Crippen LogP) is 5.55. The van der Waals surface area contributed by atoms with Gasteiger partial charge in [0, 0.05) is 17.6 Å². The van der Waals surface area contributed by atoms with E-state index in [2.05, 4.69) is 43.5 Å². The number of methoxy groups -OCH3 is 1. The van der Waals surface area contributed by atoms with Crippen molar-refractivity contribution in [3.63, 3.8) is 0 Å². The van der Waals surface area contributed by atoms with Crippen LogP contribution in [0, 0.1) is 6.92 Å². The molecule has 0 radical (unpaired) electrons. The summed E-state index contributed by atoms with van der Waals surface area (Å²) in [4.78, 5) is 12.1. The highest BCUT2D eigenvalue weighted by atomic mass is 35.5. The van der Waals surface area contributed by atoms with Crippen LogP contribution in [0.15, 0.2) is 36.4 Å². The molecule has 0 unspecified atom stereocenters. The standard InChI is InChI=1S/C22H29ClN2O3/c1-15-13-19(20(27-5)14-18(15)23)25-21(26)24-11-6-12-28-17-9-7-16(8-10-17)22(2,3)4/h7-10,13-14H,6,11-12H2,1-5H3,(H2,24,25,26). The molecule has 2 aromatic rings. The quantitative estimate of drug-likeness (QED) is 0.595. The second kappa shape index (κ2) is 9.69. The Morgan fingerprint density at radius 2 is 1.82 bits per heavy atom. The summed E-state index contributed by atoms with van der Waals surface area (Å²) in [7, 11) is 1.54. The fourth-order valence-corrected chi connectivity index (χ4v) is 2.77. The third kappa shape index (κ3) is 6.34. The van der Waals surface area contributed by atoms with Gasteiger partial charge in [0.25, 0.3) is 0 Å². The van der Waals surface area contributed by atoms with Crippen molar-refractivity contribution in [2.75, 3.05) is 25.6 Å². The lowest BCUT2D eigenvalue weighted by Gasteiger charge is -2.19. The van der Waals surface area contributed by atoms with Crippen LogP contribution in [0.3, 0.4) is 0 Å². The smallest absolute Gasteiger partial charge is 0.319 e. The van der Waals surface area contributed by atoms with Crippen molar-refractivity contribution >= 4 is 23.3 Å². The van der Waals surface area contributed by atoms with Crippen molar-refractivity contribution in [3.8, 4) is 11.5 Å². The summed E-state index contributed by atoms with van der Waals surface area (Å²) >= 11 is 6.08. The van der Waals surface area contributed by atoms with E-state index in [1.807, 2.05) is 19.1 Å². The molecule has 0 heterocycles. The molecule has 0 bridgehead atoms. The summed E-state index contributed by atoms with van der Waals surface area (Å²) in [5, 5.41) is 6.19. The third-order valence-electron chi connectivity index (χ3n) is 4.32. The minimum atomic E-state index is -0.297. The number of hydrogen-bond donors (Lipinski definition) is 2. The molecule has 0 spiro atoms. The molecule has 5 nitrogen and oxygen atoms in total. The Labute approximate surface area is 172 Å². The number of ether oxygens (including phenoxy) is 2. The van der Waals surface area contributed by atoms with Crippen LogP contribution < -0.4 is 20.1 Å². The van der Waals surface area contributed by atoms with Gasteiger partial charge < -0.3 is 20.1 Å². The molecule has 0 saturated carbocycles. The molecule has 0 atom stereocenters. The van der Waals surface area contributed by atoms with Gasteiger partial charge >= 0.3 is 6.03 Å². The molecule has 0 aliphatic rings. The highest BCUT2D eigenvalue weighted by molar-refractivity contribution is 6.31. The number of carbonyl (C=O) groups is 1. The van der Waals surface area contributed by atoms with E-state index < -0.39 is 0 Å². The van der Waals surface area contributed by atoms with Crippen LogP contribution in [0.1, 0.15) is 38.3 Å². The molecular formula is C22H29ClN2O3. The van der Waals surface area contributed by atoms with Crippen molar-refractivity contribution in [1.82, 2.24) is 5.32 Å². The van der Waals surface area contributed by atoms with Gasteiger partial charge in [-0.3, -0.25) is 0 Å². The maximum absolute atomic E-state index is 12.1. The lowest BCUT2D eigenvalue weighted by atomic mass is 9.87. The SMILES string of the molecule is COc1cc(Cl)c(C)cc1NC(=O)NCCCOc1ccc(C(C)(C)C)cc1. The minimum Gasteiger partial charge on any atom is -0.495 e. The molecule has 2 amide bonds. The van der Waals surface area contributed by atoms with E-state index in [9.17, 15) is 4.79 Å². The maximum atomic E-state index is 12.1. The molecule has 2 rings (SSSR count). The first-order chi connectivity index (χ1) is 13.2. The van der Waals surface area contributed by atoms with E-state index in [0.717, 1.165) is 11.3 Å². The molecule has 152 valence electrons. The monoisotopic (exact) mass is 404 g/mol. The molecule has 2 aromatic carbocycles. The average Bonchev–Trinajstić information content (AvgIpc) is 2.64. The van der Waals surface area contributed by atoms with Gasteiger partial charge in [-0.15, -0.1) is 0 Å². The van der Waals surface area contributed by atoms with E-state index in [0.29, 0.717) is 36.0 Å². The number of nitrogens with one attached hydrogen (secondary N) is 2. The van der Waals surface area contributed by atoms with Gasteiger partial charge in [0.15, 0.2) is 0 Å². The number of carbonyl (C=O) groups excluding carboxylic acids is 1. The molecule has 6 heteroatoms. The average molecular weight is 405 g/mol. The first kappa shape index (κ1) is 21.9. The Morgan fingerprint density at radius 3 is 2.43 bits per heavy atom. The van der Waals surface area contributed by atoms with Crippen molar-refractivity contribution in [2.24, 2.45) is 0 Å². The second-order valence-electron chi connectivity index (χ2n) is 7.66. The normalized spacial score (nSPS) is 11.1. The summed E-state index contributed by atoms with van der Waals surface area (Å²) in [6, 6.07) is 11.3. The van der Waals surface area contributed by atoms with Gasteiger partial charge in [0.05, 0.1) is 19.4 Å². The highest BCUT2D eigenvalue weighted by Crippen LogP contribution is 2.30. The Morgan fingerprint density at radius 1 is 1.14 bits per heavy atom. The van der Waals surface area contributed by atoms with Crippen LogP contribution in [0.5, 0.6) is 11.5 Å². The molecule has 0 aromatic heterocycles. The van der Waals surface area contributed by atoms with Crippen LogP contribution in [0.4, 0.5) is 10.5 Å². The minimum absolute atomic E-state index is 0.126. The second-order valence-corrected chi connectivity index (χ2v) is 8.07. The lowest BCUT2D eigenvalue weighted by Crippen LogP contribution is -2.30. The third-order valence-corrected chi connectivity index (χ3v) is 4.73. The van der Waals surface area contributed by atoms with Crippen LogP contribution in [0.2, 0.25) is 5.02 Å². The number of aryl methyl sites for hydroxylation is 1. The van der Waals surface area contributed by atoms with E-state index in [-0.39, 0.29) is 11.4 Å². The van der Waals surface area contributed by atoms with E-state index in [1.54, 1.807) is 12.1 Å². The van der Waals surface area contributed by atoms with Gasteiger partial charge in [0.2, 0.25) is 0 Å². The number of hydrogen-bond acceptors (Lipinski definition) is 3. The van der Waals surface area contributed by atoms with E-state index in [4.69, 9.17) is 21.1 Å². The highest BCUT2D eigenvalue weighted by Gasteiger charge is 2.13. The van der Waals surface area contributed by atoms with Gasteiger partial charge in [-0.25, -0.2) is 4.79 Å². The molecule has 0 aliphatic carbocycles. The topological polar surface area (TPSA) is 59.6 Å². The summed E-state index contributed by atoms with van der Waals surface area (Å²) in [6.45, 7) is 9.44. The van der Waals surface area contributed by atoms with Crippen molar-refractivity contribution < 1.29 is 14.3 Å². The number of amides is 2. The Balaban J connectivity index is 1.74. The fourth-order valence-electron chi connectivity index (χ4n) is 2.61. The van der Waals surface area contributed by atoms with E-state index in [1.165, 1.54) is 12.7 Å². The van der Waals surface area contributed by atoms with Crippen molar-refractivity contribution in [2.45, 2.75) is 39.5 Å². The molecule has 2 N–H and O–H groups in total. The zero-order chi connectivity index (χ0) is 20.7. The van der Waals surface area contributed by atoms with Gasteiger partial charge in [-0.1, -0.05) is 44.5 Å². The Kier molecular flexibility index (Phi) is 7.58. The van der Waals surface area contributed by atoms with Gasteiger partial charge in [0.1, 0.15) is 11.5 Å². The number of rotatable bonds is 7. The molecule has 0 aliphatic heterocycles. The molecule has 0 saturated heterocycles. The summed E-state index contributed by atoms with van der Waals surface area (Å²) in [5.74, 6) is 1.35. The van der Waals surface area contributed by atoms with Gasteiger partial charge in [-0.05, 0) is 48.1 Å². The zero-order valence-electron chi connectivity index (χ0n) is 17.2. The number of benzene rings is 2. The molecular weight excluding hydrogens is 376 g/mol. The number of halogens is 1. The predicted molar refractivity (Wildman–Crippen MR) is 115 cm³/mol. The summed E-state index contributed by atoms with van der Waals surface area (Å²) in [5.41, 5.74) is 2.84. The van der Waals surface area contributed by atoms with Crippen LogP contribution >= 0.6 is 11.6 Å². The molecule has 0 fully saturated rings. The zero-order valence-corrected chi connectivity index (χ0v) is 17.9. The number of anilines is 1. The van der Waals surface area contributed by atoms with Crippen LogP contribution in [-0.2, 0) is 5.41 Å². The molecule has 28 heavy (non-hydrogen) atoms. The Hall–Kier alpha value is -2.40. The van der Waals surface area contributed by atoms with Crippen LogP contribution in [0.25, 0.3) is 0 Å².